The molecule has 184 valence electrons. The van der Waals surface area contributed by atoms with Crippen LogP contribution in [0.1, 0.15) is 64.3 Å². The Morgan fingerprint density at radius 2 is 1.97 bits per heavy atom. The Balaban J connectivity index is 1.86. The molecule has 3 heterocycles. The van der Waals surface area contributed by atoms with Crippen molar-refractivity contribution in [3.05, 3.63) is 17.6 Å². The lowest BCUT2D eigenvalue weighted by Crippen LogP contribution is -2.35. The summed E-state index contributed by atoms with van der Waals surface area (Å²) in [7, 11) is -4.30. The van der Waals surface area contributed by atoms with Gasteiger partial charge in [-0.3, -0.25) is 4.68 Å². The van der Waals surface area contributed by atoms with E-state index in [-0.39, 0.29) is 34.2 Å². The first-order chi connectivity index (χ1) is 15.4. The van der Waals surface area contributed by atoms with Crippen LogP contribution in [-0.2, 0) is 23.1 Å². The molecule has 2 aromatic heterocycles. The molecule has 0 bridgehead atoms. The van der Waals surface area contributed by atoms with Crippen molar-refractivity contribution in [1.82, 2.24) is 24.3 Å². The zero-order valence-electron chi connectivity index (χ0n) is 19.3. The fraction of sp³-hybridized carbons (Fsp3) is 0.650. The molecule has 0 saturated carbocycles. The number of urea groups is 1. The molecule has 0 aliphatic carbocycles. The first kappa shape index (κ1) is 24.9. The molecule has 0 radical (unpaired) electrons. The number of rotatable bonds is 8. The van der Waals surface area contributed by atoms with Crippen LogP contribution in [0.4, 0.5) is 19.3 Å². The second-order valence-corrected chi connectivity index (χ2v) is 10.3. The Morgan fingerprint density at radius 1 is 1.27 bits per heavy atom. The van der Waals surface area contributed by atoms with Crippen LogP contribution in [0.3, 0.4) is 0 Å². The summed E-state index contributed by atoms with van der Waals surface area (Å²) in [4.78, 5) is 12.5. The third kappa shape index (κ3) is 5.28. The number of hydrogen-bond donors (Lipinski definition) is 2. The van der Waals surface area contributed by atoms with Crippen LogP contribution in [0.2, 0.25) is 0 Å². The number of carbonyl (C=O) groups excluding carboxylic acids is 1. The predicted molar refractivity (Wildman–Crippen MR) is 117 cm³/mol. The molecular formula is C20H30F2N6O4S. The minimum atomic E-state index is -4.30. The summed E-state index contributed by atoms with van der Waals surface area (Å²) in [5.74, 6) is -0.150. The lowest BCUT2D eigenvalue weighted by molar-refractivity contribution is 0.120. The average molecular weight is 489 g/mol. The molecule has 0 unspecified atom stereocenters. The number of ether oxygens (including phenoxy) is 1. The topological polar surface area (TPSA) is 120 Å². The van der Waals surface area contributed by atoms with Crippen molar-refractivity contribution in [3.63, 3.8) is 0 Å². The molecule has 1 aliphatic heterocycles. The van der Waals surface area contributed by atoms with Crippen LogP contribution < -0.4 is 14.8 Å². The molecule has 2 aromatic rings. The SMILES string of the molecule is CC[C@@H]1COc2c(S(=O)(=O)NC(=O)Nc3c(C(C)C)nn(CC(F)F)c3C(C)C)cnn2C1. The Hall–Kier alpha value is -2.70. The fourth-order valence-corrected chi connectivity index (χ4v) is 4.74. The van der Waals surface area contributed by atoms with E-state index < -0.39 is 29.0 Å². The van der Waals surface area contributed by atoms with Crippen LogP contribution >= 0.6 is 0 Å². The first-order valence-corrected chi connectivity index (χ1v) is 12.3. The zero-order valence-corrected chi connectivity index (χ0v) is 20.1. The second-order valence-electron chi connectivity index (χ2n) is 8.67. The van der Waals surface area contributed by atoms with Crippen molar-refractivity contribution in [2.24, 2.45) is 5.92 Å². The van der Waals surface area contributed by atoms with Gasteiger partial charge in [0.15, 0.2) is 4.90 Å². The zero-order chi connectivity index (χ0) is 24.5. The maximum atomic E-state index is 13.1. The van der Waals surface area contributed by atoms with E-state index in [0.717, 1.165) is 12.6 Å². The Bertz CT molecular complexity index is 1110. The number of nitrogens with one attached hydrogen (secondary N) is 2. The van der Waals surface area contributed by atoms with Crippen molar-refractivity contribution >= 4 is 21.7 Å². The number of carbonyl (C=O) groups is 1. The molecule has 2 N–H and O–H groups in total. The molecule has 0 spiro atoms. The van der Waals surface area contributed by atoms with Gasteiger partial charge in [-0.05, 0) is 18.3 Å². The summed E-state index contributed by atoms with van der Waals surface area (Å²) in [6, 6.07) is -1.03. The summed E-state index contributed by atoms with van der Waals surface area (Å²) in [6.45, 7) is 9.42. The monoisotopic (exact) mass is 488 g/mol. The van der Waals surface area contributed by atoms with Crippen LogP contribution in [0.5, 0.6) is 5.88 Å². The highest BCUT2D eigenvalue weighted by molar-refractivity contribution is 7.90. The normalized spacial score (nSPS) is 16.2. The Labute approximate surface area is 191 Å². The number of alkyl halides is 2. The minimum absolute atomic E-state index is 0.0792. The molecule has 33 heavy (non-hydrogen) atoms. The van der Waals surface area contributed by atoms with Gasteiger partial charge < -0.3 is 10.1 Å². The van der Waals surface area contributed by atoms with Gasteiger partial charge in [-0.1, -0.05) is 34.6 Å². The van der Waals surface area contributed by atoms with Gasteiger partial charge in [-0.25, -0.2) is 31.4 Å². The fourth-order valence-electron chi connectivity index (χ4n) is 3.76. The molecule has 0 fully saturated rings. The van der Waals surface area contributed by atoms with Crippen LogP contribution in [-0.4, -0.2) is 47.0 Å². The van der Waals surface area contributed by atoms with E-state index in [1.165, 1.54) is 9.36 Å². The summed E-state index contributed by atoms with van der Waals surface area (Å²) in [5, 5.41) is 10.9. The quantitative estimate of drug-likeness (QED) is 0.587. The van der Waals surface area contributed by atoms with E-state index in [1.54, 1.807) is 27.7 Å². The van der Waals surface area contributed by atoms with Gasteiger partial charge in [0.2, 0.25) is 5.88 Å². The molecule has 0 aromatic carbocycles. The number of amides is 2. The standard InChI is InChI=1S/C20H30F2N6O4S/c1-6-13-8-28-19(32-10-13)14(7-23-28)33(30,31)26-20(29)24-17-16(11(2)3)25-27(9-15(21)22)18(17)12(4)5/h7,11-13,15H,6,8-10H2,1-5H3,(H2,24,26,29)/t13-/m0/s1. The molecule has 10 nitrogen and oxygen atoms in total. The van der Waals surface area contributed by atoms with Crippen molar-refractivity contribution in [2.75, 3.05) is 11.9 Å². The number of anilines is 1. The van der Waals surface area contributed by atoms with Crippen LogP contribution in [0.15, 0.2) is 11.1 Å². The highest BCUT2D eigenvalue weighted by Gasteiger charge is 2.31. The first-order valence-electron chi connectivity index (χ1n) is 10.9. The van der Waals surface area contributed by atoms with Crippen LogP contribution in [0, 0.1) is 5.92 Å². The van der Waals surface area contributed by atoms with E-state index in [9.17, 15) is 22.0 Å². The van der Waals surface area contributed by atoms with Gasteiger partial charge in [-0.2, -0.15) is 10.2 Å². The number of hydrogen-bond acceptors (Lipinski definition) is 6. The molecule has 1 aliphatic rings. The maximum absolute atomic E-state index is 13.1. The summed E-state index contributed by atoms with van der Waals surface area (Å²) < 4.78 is 62.1. The summed E-state index contributed by atoms with van der Waals surface area (Å²) in [5.41, 5.74) is 1.01. The molecule has 13 heteroatoms. The van der Waals surface area contributed by atoms with E-state index in [2.05, 4.69) is 15.5 Å². The van der Waals surface area contributed by atoms with Gasteiger partial charge in [-0.15, -0.1) is 0 Å². The molecular weight excluding hydrogens is 458 g/mol. The maximum Gasteiger partial charge on any atom is 0.333 e. The van der Waals surface area contributed by atoms with Crippen molar-refractivity contribution in [2.45, 2.75) is 77.3 Å². The van der Waals surface area contributed by atoms with Crippen molar-refractivity contribution in [1.29, 1.82) is 0 Å². The van der Waals surface area contributed by atoms with E-state index in [1.807, 2.05) is 11.6 Å². The third-order valence-corrected chi connectivity index (χ3v) is 6.72. The van der Waals surface area contributed by atoms with E-state index in [4.69, 9.17) is 4.74 Å². The molecule has 3 rings (SSSR count). The van der Waals surface area contributed by atoms with Crippen molar-refractivity contribution in [3.8, 4) is 5.88 Å². The van der Waals surface area contributed by atoms with E-state index in [0.29, 0.717) is 24.5 Å². The largest absolute Gasteiger partial charge is 0.476 e. The van der Waals surface area contributed by atoms with Crippen LogP contribution in [0.25, 0.3) is 0 Å². The van der Waals surface area contributed by atoms with Gasteiger partial charge in [0.05, 0.1) is 36.4 Å². The van der Waals surface area contributed by atoms with Gasteiger partial charge in [0, 0.05) is 5.92 Å². The number of nitrogens with zero attached hydrogens (tertiary/aromatic N) is 4. The van der Waals surface area contributed by atoms with E-state index >= 15 is 0 Å². The van der Waals surface area contributed by atoms with Gasteiger partial charge >= 0.3 is 6.03 Å². The number of halogens is 2. The number of fused-ring (bicyclic) bond motifs is 1. The number of aromatic nitrogens is 4. The average Bonchev–Trinajstić information content (AvgIpc) is 3.28. The third-order valence-electron chi connectivity index (χ3n) is 5.40. The highest BCUT2D eigenvalue weighted by Crippen LogP contribution is 2.33. The minimum Gasteiger partial charge on any atom is -0.476 e. The molecule has 1 atom stereocenters. The summed E-state index contributed by atoms with van der Waals surface area (Å²) in [6.07, 6.45) is -0.634. The molecule has 2 amide bonds. The lowest BCUT2D eigenvalue weighted by atomic mass is 10.0. The van der Waals surface area contributed by atoms with Gasteiger partial charge in [0.25, 0.3) is 16.4 Å². The van der Waals surface area contributed by atoms with Gasteiger partial charge in [0.1, 0.15) is 6.54 Å². The number of sulfonamides is 1. The Morgan fingerprint density at radius 3 is 2.55 bits per heavy atom. The lowest BCUT2D eigenvalue weighted by Gasteiger charge is -2.23. The predicted octanol–water partition coefficient (Wildman–Crippen LogP) is 3.52. The highest BCUT2D eigenvalue weighted by atomic mass is 32.2. The Kier molecular flexibility index (Phi) is 7.29. The second kappa shape index (κ2) is 9.65. The smallest absolute Gasteiger partial charge is 0.333 e. The summed E-state index contributed by atoms with van der Waals surface area (Å²) >= 11 is 0. The molecule has 0 saturated heterocycles. The van der Waals surface area contributed by atoms with Crippen molar-refractivity contribution < 1.29 is 26.7 Å².